The molecule has 0 aliphatic heterocycles. The number of rotatable bonds is 3. The van der Waals surface area contributed by atoms with Crippen LogP contribution in [0.2, 0.25) is 0 Å². The highest BCUT2D eigenvalue weighted by molar-refractivity contribution is 5.95. The summed E-state index contributed by atoms with van der Waals surface area (Å²) in [5.74, 6) is -0.0627. The summed E-state index contributed by atoms with van der Waals surface area (Å²) in [6, 6.07) is 5.53. The molecule has 0 aromatic heterocycles. The molecular weight excluding hydrogens is 230 g/mol. The summed E-state index contributed by atoms with van der Waals surface area (Å²) in [4.78, 5) is 13.3. The Hall–Kier alpha value is -1.75. The van der Waals surface area contributed by atoms with Crippen molar-refractivity contribution < 1.29 is 9.90 Å². The second kappa shape index (κ2) is 4.86. The van der Waals surface area contributed by atoms with Crippen molar-refractivity contribution >= 4 is 17.3 Å². The monoisotopic (exact) mass is 249 g/mol. The van der Waals surface area contributed by atoms with E-state index in [1.807, 2.05) is 6.07 Å². The van der Waals surface area contributed by atoms with Gasteiger partial charge in [-0.2, -0.15) is 0 Å². The third-order valence-electron chi connectivity index (χ3n) is 3.18. The predicted molar refractivity (Wildman–Crippen MR) is 71.5 cm³/mol. The summed E-state index contributed by atoms with van der Waals surface area (Å²) < 4.78 is 0. The van der Waals surface area contributed by atoms with Crippen LogP contribution in [0.25, 0.3) is 0 Å². The Labute approximate surface area is 107 Å². The van der Waals surface area contributed by atoms with Gasteiger partial charge in [0.1, 0.15) is 0 Å². The number of nitrogen functional groups attached to an aromatic ring is 1. The number of nitrogens with two attached hydrogens (primary N) is 1. The number of nitrogens with zero attached hydrogens (tertiary/aromatic N) is 1. The molecule has 0 atom stereocenters. The van der Waals surface area contributed by atoms with Crippen molar-refractivity contribution in [1.29, 1.82) is 0 Å². The van der Waals surface area contributed by atoms with Crippen LogP contribution in [0.15, 0.2) is 18.2 Å². The third-order valence-corrected chi connectivity index (χ3v) is 3.18. The topological polar surface area (TPSA) is 78.6 Å². The van der Waals surface area contributed by atoms with Gasteiger partial charge in [-0.1, -0.05) is 0 Å². The van der Waals surface area contributed by atoms with Crippen molar-refractivity contribution in [1.82, 2.24) is 4.90 Å². The van der Waals surface area contributed by atoms with E-state index in [2.05, 4.69) is 5.32 Å². The van der Waals surface area contributed by atoms with Crippen LogP contribution in [-0.2, 0) is 0 Å². The molecule has 2 rings (SSSR count). The molecule has 1 aromatic carbocycles. The third kappa shape index (κ3) is 2.56. The number of nitrogens with one attached hydrogen (secondary N) is 1. The first-order chi connectivity index (χ1) is 8.47. The van der Waals surface area contributed by atoms with Gasteiger partial charge in [0, 0.05) is 25.7 Å². The van der Waals surface area contributed by atoms with Gasteiger partial charge in [-0.15, -0.1) is 0 Å². The molecule has 0 spiro atoms. The fraction of sp³-hybridized carbons (Fsp3) is 0.462. The van der Waals surface area contributed by atoms with Crippen LogP contribution in [0.4, 0.5) is 11.4 Å². The second-order valence-electron chi connectivity index (χ2n) is 4.97. The maximum Gasteiger partial charge on any atom is 0.253 e. The maximum absolute atomic E-state index is 11.8. The summed E-state index contributed by atoms with van der Waals surface area (Å²) >= 11 is 0. The quantitative estimate of drug-likeness (QED) is 0.696. The number of aliphatic hydroxyl groups is 1. The molecule has 98 valence electrons. The summed E-state index contributed by atoms with van der Waals surface area (Å²) in [6.07, 6.45) is 1.30. The average Bonchev–Trinajstić information content (AvgIpc) is 2.28. The van der Waals surface area contributed by atoms with Crippen LogP contribution in [0.5, 0.6) is 0 Å². The molecule has 0 bridgehead atoms. The number of carbonyl (C=O) groups is 1. The Morgan fingerprint density at radius 2 is 2.11 bits per heavy atom. The van der Waals surface area contributed by atoms with Crippen molar-refractivity contribution in [2.24, 2.45) is 0 Å². The van der Waals surface area contributed by atoms with Crippen LogP contribution in [0, 0.1) is 0 Å². The number of carbonyl (C=O) groups excluding carboxylic acids is 1. The lowest BCUT2D eigenvalue weighted by atomic mass is 9.89. The summed E-state index contributed by atoms with van der Waals surface area (Å²) in [5.41, 5.74) is 7.89. The molecule has 1 saturated carbocycles. The highest BCUT2D eigenvalue weighted by atomic mass is 16.3. The lowest BCUT2D eigenvalue weighted by molar-refractivity contribution is 0.0826. The fourth-order valence-electron chi connectivity index (χ4n) is 2.01. The van der Waals surface area contributed by atoms with Gasteiger partial charge in [0.2, 0.25) is 0 Å². The SMILES string of the molecule is CN(C)C(=O)c1ccc(NC2CC(O)C2)c(N)c1. The number of amides is 1. The number of aliphatic hydroxyl groups excluding tert-OH is 1. The Kier molecular flexibility index (Phi) is 3.43. The summed E-state index contributed by atoms with van der Waals surface area (Å²) in [6.45, 7) is 0. The van der Waals surface area contributed by atoms with E-state index in [0.29, 0.717) is 11.3 Å². The van der Waals surface area contributed by atoms with E-state index in [0.717, 1.165) is 18.5 Å². The van der Waals surface area contributed by atoms with Gasteiger partial charge in [-0.05, 0) is 31.0 Å². The standard InChI is InChI=1S/C13H19N3O2/c1-16(2)13(18)8-3-4-12(11(14)5-8)15-9-6-10(17)7-9/h3-5,9-10,15,17H,6-7,14H2,1-2H3. The molecule has 0 radical (unpaired) electrons. The van der Waals surface area contributed by atoms with Gasteiger partial charge in [0.25, 0.3) is 5.91 Å². The van der Waals surface area contributed by atoms with Crippen molar-refractivity contribution in [2.75, 3.05) is 25.1 Å². The molecule has 18 heavy (non-hydrogen) atoms. The minimum absolute atomic E-state index is 0.0627. The van der Waals surface area contributed by atoms with E-state index < -0.39 is 0 Å². The van der Waals surface area contributed by atoms with E-state index in [9.17, 15) is 9.90 Å². The zero-order valence-corrected chi connectivity index (χ0v) is 10.7. The Morgan fingerprint density at radius 1 is 1.44 bits per heavy atom. The van der Waals surface area contributed by atoms with Crippen molar-refractivity contribution in [3.63, 3.8) is 0 Å². The normalized spacial score (nSPS) is 22.2. The molecule has 4 N–H and O–H groups in total. The summed E-state index contributed by atoms with van der Waals surface area (Å²) in [5, 5.41) is 12.5. The minimum Gasteiger partial charge on any atom is -0.397 e. The van der Waals surface area contributed by atoms with Crippen LogP contribution in [0.3, 0.4) is 0 Å². The Balaban J connectivity index is 2.08. The van der Waals surface area contributed by atoms with Gasteiger partial charge < -0.3 is 21.1 Å². The number of hydrogen-bond donors (Lipinski definition) is 3. The maximum atomic E-state index is 11.8. The first-order valence-electron chi connectivity index (χ1n) is 6.03. The van der Waals surface area contributed by atoms with Crippen LogP contribution in [0.1, 0.15) is 23.2 Å². The van der Waals surface area contributed by atoms with Crippen molar-refractivity contribution in [2.45, 2.75) is 25.0 Å². The van der Waals surface area contributed by atoms with E-state index in [1.54, 1.807) is 26.2 Å². The molecule has 5 heteroatoms. The second-order valence-corrected chi connectivity index (χ2v) is 4.97. The lowest BCUT2D eigenvalue weighted by Gasteiger charge is -2.33. The van der Waals surface area contributed by atoms with E-state index in [1.165, 1.54) is 4.90 Å². The average molecular weight is 249 g/mol. The zero-order valence-electron chi connectivity index (χ0n) is 10.7. The van der Waals surface area contributed by atoms with Crippen LogP contribution in [-0.4, -0.2) is 42.2 Å². The molecular formula is C13H19N3O2. The lowest BCUT2D eigenvalue weighted by Crippen LogP contribution is -2.39. The van der Waals surface area contributed by atoms with E-state index >= 15 is 0 Å². The molecule has 0 heterocycles. The molecule has 1 amide bonds. The highest BCUT2D eigenvalue weighted by Gasteiger charge is 2.27. The first kappa shape index (κ1) is 12.7. The number of hydrogen-bond acceptors (Lipinski definition) is 4. The van der Waals surface area contributed by atoms with Gasteiger partial charge in [0.15, 0.2) is 0 Å². The molecule has 0 saturated heterocycles. The minimum atomic E-state index is -0.196. The van der Waals surface area contributed by atoms with Gasteiger partial charge in [0.05, 0.1) is 17.5 Å². The van der Waals surface area contributed by atoms with Crippen LogP contribution >= 0.6 is 0 Å². The largest absolute Gasteiger partial charge is 0.397 e. The van der Waals surface area contributed by atoms with Gasteiger partial charge in [-0.3, -0.25) is 4.79 Å². The Morgan fingerprint density at radius 3 is 2.61 bits per heavy atom. The van der Waals surface area contributed by atoms with Crippen molar-refractivity contribution in [3.05, 3.63) is 23.8 Å². The predicted octanol–water partition coefficient (Wildman–Crippen LogP) is 0.906. The number of benzene rings is 1. The highest BCUT2D eigenvalue weighted by Crippen LogP contribution is 2.27. The molecule has 5 nitrogen and oxygen atoms in total. The molecule has 1 fully saturated rings. The molecule has 1 aliphatic carbocycles. The fourth-order valence-corrected chi connectivity index (χ4v) is 2.01. The smallest absolute Gasteiger partial charge is 0.253 e. The van der Waals surface area contributed by atoms with Gasteiger partial charge >= 0.3 is 0 Å². The van der Waals surface area contributed by atoms with E-state index in [4.69, 9.17) is 5.73 Å². The molecule has 0 unspecified atom stereocenters. The van der Waals surface area contributed by atoms with Gasteiger partial charge in [-0.25, -0.2) is 0 Å². The van der Waals surface area contributed by atoms with E-state index in [-0.39, 0.29) is 18.1 Å². The summed E-state index contributed by atoms with van der Waals surface area (Å²) in [7, 11) is 3.42. The number of anilines is 2. The van der Waals surface area contributed by atoms with Crippen LogP contribution < -0.4 is 11.1 Å². The Bertz CT molecular complexity index is 454. The first-order valence-corrected chi connectivity index (χ1v) is 6.03. The molecule has 1 aliphatic rings. The molecule has 1 aromatic rings. The van der Waals surface area contributed by atoms with Crippen molar-refractivity contribution in [3.8, 4) is 0 Å². The zero-order chi connectivity index (χ0) is 13.3.